The fraction of sp³-hybridized carbons (Fsp3) is 0.167. The molecular weight excluding hydrogens is 379 g/mol. The van der Waals surface area contributed by atoms with Crippen molar-refractivity contribution < 1.29 is 13.2 Å². The van der Waals surface area contributed by atoms with Gasteiger partial charge in [0.15, 0.2) is 5.82 Å². The van der Waals surface area contributed by atoms with Crippen LogP contribution in [0.4, 0.5) is 30.6 Å². The quantitative estimate of drug-likeness (QED) is 0.621. The minimum atomic E-state index is -4.55. The first-order valence-electron chi connectivity index (χ1n) is 8.03. The van der Waals surface area contributed by atoms with Crippen LogP contribution < -0.4 is 10.6 Å². The first-order valence-corrected chi connectivity index (χ1v) is 8.41. The average molecular weight is 394 g/mol. The van der Waals surface area contributed by atoms with Crippen LogP contribution in [0, 0.1) is 0 Å². The number of alkyl halides is 3. The molecule has 0 bridgehead atoms. The molecule has 0 aliphatic heterocycles. The summed E-state index contributed by atoms with van der Waals surface area (Å²) in [4.78, 5) is 4.20. The van der Waals surface area contributed by atoms with Crippen molar-refractivity contribution in [3.63, 3.8) is 0 Å². The number of anilines is 3. The first-order chi connectivity index (χ1) is 12.9. The maximum atomic E-state index is 12.9. The largest absolute Gasteiger partial charge is 0.417 e. The van der Waals surface area contributed by atoms with Gasteiger partial charge in [-0.15, -0.1) is 5.10 Å². The van der Waals surface area contributed by atoms with E-state index in [4.69, 9.17) is 11.6 Å². The van der Waals surface area contributed by atoms with Crippen molar-refractivity contribution >= 4 is 29.1 Å². The Kier molecular flexibility index (Phi) is 5.75. The maximum Gasteiger partial charge on any atom is 0.417 e. The summed E-state index contributed by atoms with van der Waals surface area (Å²) in [6, 6.07) is 13.4. The van der Waals surface area contributed by atoms with Gasteiger partial charge in [-0.25, -0.2) is 0 Å². The van der Waals surface area contributed by atoms with E-state index in [0.717, 1.165) is 12.5 Å². The molecule has 140 valence electrons. The molecule has 0 aliphatic carbocycles. The second kappa shape index (κ2) is 8.22. The summed E-state index contributed by atoms with van der Waals surface area (Å²) in [6.45, 7) is 0.626. The number of halogens is 4. The van der Waals surface area contributed by atoms with Crippen LogP contribution in [-0.2, 0) is 12.6 Å². The zero-order valence-corrected chi connectivity index (χ0v) is 14.7. The smallest absolute Gasteiger partial charge is 0.368 e. The van der Waals surface area contributed by atoms with Gasteiger partial charge in [0.2, 0.25) is 5.95 Å². The molecule has 0 unspecified atom stereocenters. The topological polar surface area (TPSA) is 62.7 Å². The second-order valence-corrected chi connectivity index (χ2v) is 6.05. The van der Waals surface area contributed by atoms with Gasteiger partial charge in [0.25, 0.3) is 0 Å². The highest BCUT2D eigenvalue weighted by atomic mass is 35.5. The Hall–Kier alpha value is -2.87. The maximum absolute atomic E-state index is 12.9. The molecule has 2 N–H and O–H groups in total. The van der Waals surface area contributed by atoms with Crippen LogP contribution in [0.3, 0.4) is 0 Å². The Bertz CT molecular complexity index is 903. The van der Waals surface area contributed by atoms with Gasteiger partial charge in [0.1, 0.15) is 0 Å². The van der Waals surface area contributed by atoms with Gasteiger partial charge in [-0.05, 0) is 30.2 Å². The van der Waals surface area contributed by atoms with Crippen molar-refractivity contribution in [2.45, 2.75) is 12.6 Å². The summed E-state index contributed by atoms with van der Waals surface area (Å²) in [5.41, 5.74) is 0.403. The fourth-order valence-electron chi connectivity index (χ4n) is 2.37. The number of rotatable bonds is 6. The van der Waals surface area contributed by atoms with Gasteiger partial charge in [-0.3, -0.25) is 0 Å². The standard InChI is InChI=1S/C18H15ClF3N5/c19-15-7-6-13(10-14(15)18(20,21)22)25-17-26-16(11-24-27-17)23-9-8-12-4-2-1-3-5-12/h1-7,10-11H,8-9H2,(H2,23,25,26,27). The van der Waals surface area contributed by atoms with E-state index in [1.807, 2.05) is 30.3 Å². The average Bonchev–Trinajstić information content (AvgIpc) is 2.64. The van der Waals surface area contributed by atoms with Crippen LogP contribution >= 0.6 is 11.6 Å². The van der Waals surface area contributed by atoms with Crippen molar-refractivity contribution in [3.05, 3.63) is 70.9 Å². The van der Waals surface area contributed by atoms with E-state index in [9.17, 15) is 13.2 Å². The van der Waals surface area contributed by atoms with Crippen molar-refractivity contribution in [1.29, 1.82) is 0 Å². The predicted octanol–water partition coefficient (Wildman–Crippen LogP) is 4.94. The summed E-state index contributed by atoms with van der Waals surface area (Å²) < 4.78 is 38.8. The molecular formula is C18H15ClF3N5. The van der Waals surface area contributed by atoms with Crippen molar-refractivity contribution in [3.8, 4) is 0 Å². The highest BCUT2D eigenvalue weighted by Gasteiger charge is 2.33. The van der Waals surface area contributed by atoms with Gasteiger partial charge in [-0.2, -0.15) is 23.3 Å². The molecule has 0 fully saturated rings. The van der Waals surface area contributed by atoms with E-state index >= 15 is 0 Å². The molecule has 5 nitrogen and oxygen atoms in total. The summed E-state index contributed by atoms with van der Waals surface area (Å²) in [7, 11) is 0. The van der Waals surface area contributed by atoms with Crippen molar-refractivity contribution in [2.75, 3.05) is 17.2 Å². The SMILES string of the molecule is FC(F)(F)c1cc(Nc2nncc(NCCc3ccccc3)n2)ccc1Cl. The van der Waals surface area contributed by atoms with Gasteiger partial charge in [0, 0.05) is 12.2 Å². The number of benzene rings is 2. The summed E-state index contributed by atoms with van der Waals surface area (Å²) in [5.74, 6) is 0.545. The van der Waals surface area contributed by atoms with Gasteiger partial charge in [-0.1, -0.05) is 41.9 Å². The molecule has 1 heterocycles. The minimum Gasteiger partial charge on any atom is -0.368 e. The Morgan fingerprint density at radius 2 is 1.81 bits per heavy atom. The molecule has 0 spiro atoms. The van der Waals surface area contributed by atoms with E-state index < -0.39 is 11.7 Å². The molecule has 2 aromatic carbocycles. The molecule has 0 saturated heterocycles. The van der Waals surface area contributed by atoms with Crippen LogP contribution in [0.25, 0.3) is 0 Å². The first kappa shape index (κ1) is 18.9. The number of hydrogen-bond donors (Lipinski definition) is 2. The third kappa shape index (κ3) is 5.30. The number of hydrogen-bond acceptors (Lipinski definition) is 5. The van der Waals surface area contributed by atoms with Gasteiger partial charge in [0.05, 0.1) is 16.8 Å². The minimum absolute atomic E-state index is 0.0789. The van der Waals surface area contributed by atoms with Crippen LogP contribution in [0.15, 0.2) is 54.7 Å². The third-order valence-electron chi connectivity index (χ3n) is 3.65. The number of aromatic nitrogens is 3. The lowest BCUT2D eigenvalue weighted by Crippen LogP contribution is -2.09. The molecule has 0 saturated carbocycles. The Labute approximate surface area is 158 Å². The molecule has 0 amide bonds. The molecule has 1 aromatic heterocycles. The molecule has 0 aliphatic rings. The van der Waals surface area contributed by atoms with Crippen LogP contribution in [0.2, 0.25) is 5.02 Å². The van der Waals surface area contributed by atoms with Crippen molar-refractivity contribution in [1.82, 2.24) is 15.2 Å². The predicted molar refractivity (Wildman–Crippen MR) is 98.2 cm³/mol. The highest BCUT2D eigenvalue weighted by molar-refractivity contribution is 6.31. The lowest BCUT2D eigenvalue weighted by molar-refractivity contribution is -0.137. The summed E-state index contributed by atoms with van der Waals surface area (Å²) in [6.07, 6.45) is -2.31. The molecule has 3 aromatic rings. The zero-order chi connectivity index (χ0) is 19.3. The Balaban J connectivity index is 1.65. The lowest BCUT2D eigenvalue weighted by atomic mass is 10.1. The Morgan fingerprint density at radius 1 is 1.04 bits per heavy atom. The second-order valence-electron chi connectivity index (χ2n) is 5.64. The van der Waals surface area contributed by atoms with E-state index in [2.05, 4.69) is 25.8 Å². The summed E-state index contributed by atoms with van der Waals surface area (Å²) >= 11 is 5.62. The highest BCUT2D eigenvalue weighted by Crippen LogP contribution is 2.36. The molecule has 0 radical (unpaired) electrons. The van der Waals surface area contributed by atoms with E-state index in [1.54, 1.807) is 0 Å². The van der Waals surface area contributed by atoms with Crippen LogP contribution in [0.1, 0.15) is 11.1 Å². The lowest BCUT2D eigenvalue weighted by Gasteiger charge is -2.12. The fourth-order valence-corrected chi connectivity index (χ4v) is 2.60. The van der Waals surface area contributed by atoms with E-state index in [1.165, 1.54) is 23.9 Å². The monoisotopic (exact) mass is 393 g/mol. The molecule has 0 atom stereocenters. The van der Waals surface area contributed by atoms with Gasteiger partial charge < -0.3 is 10.6 Å². The summed E-state index contributed by atoms with van der Waals surface area (Å²) in [5, 5.41) is 13.0. The Morgan fingerprint density at radius 3 is 2.56 bits per heavy atom. The zero-order valence-electron chi connectivity index (χ0n) is 14.0. The van der Waals surface area contributed by atoms with Gasteiger partial charge >= 0.3 is 6.18 Å². The molecule has 27 heavy (non-hydrogen) atoms. The van der Waals surface area contributed by atoms with Crippen LogP contribution in [0.5, 0.6) is 0 Å². The molecule has 3 rings (SSSR count). The van der Waals surface area contributed by atoms with Crippen LogP contribution in [-0.4, -0.2) is 21.7 Å². The third-order valence-corrected chi connectivity index (χ3v) is 3.98. The normalized spacial score (nSPS) is 11.3. The number of nitrogens with zero attached hydrogens (tertiary/aromatic N) is 3. The van der Waals surface area contributed by atoms with E-state index in [0.29, 0.717) is 12.4 Å². The van der Waals surface area contributed by atoms with Crippen molar-refractivity contribution in [2.24, 2.45) is 0 Å². The molecule has 9 heteroatoms. The van der Waals surface area contributed by atoms with E-state index in [-0.39, 0.29) is 16.7 Å². The number of nitrogens with one attached hydrogen (secondary N) is 2.